The highest BCUT2D eigenvalue weighted by Crippen LogP contribution is 2.35. The summed E-state index contributed by atoms with van der Waals surface area (Å²) in [6.07, 6.45) is -3.44. The van der Waals surface area contributed by atoms with Crippen LogP contribution in [-0.2, 0) is 17.1 Å². The van der Waals surface area contributed by atoms with Crippen LogP contribution in [0.25, 0.3) is 0 Å². The van der Waals surface area contributed by atoms with E-state index in [4.69, 9.17) is 10.5 Å². The molecule has 1 aromatic heterocycles. The number of aliphatic hydroxyl groups is 4. The molecule has 11 nitrogen and oxygen atoms in total. The van der Waals surface area contributed by atoms with Crippen molar-refractivity contribution in [2.75, 3.05) is 11.6 Å². The number of benzene rings is 1. The summed E-state index contributed by atoms with van der Waals surface area (Å²) >= 11 is 0. The molecule has 1 amide bonds. The highest BCUT2D eigenvalue weighted by Gasteiger charge is 2.57. The fourth-order valence-electron chi connectivity index (χ4n) is 3.57. The van der Waals surface area contributed by atoms with E-state index in [1.165, 1.54) is 12.4 Å². The highest BCUT2D eigenvalue weighted by atomic mass is 16.7. The van der Waals surface area contributed by atoms with Gasteiger partial charge in [0.05, 0.1) is 5.69 Å². The normalized spacial score (nSPS) is 30.3. The molecule has 0 aliphatic carbocycles. The van der Waals surface area contributed by atoms with Crippen molar-refractivity contribution in [1.82, 2.24) is 15.0 Å². The van der Waals surface area contributed by atoms with Crippen LogP contribution < -0.4 is 16.2 Å². The second-order valence-electron chi connectivity index (χ2n) is 6.76. The van der Waals surface area contributed by atoms with Crippen molar-refractivity contribution >= 4 is 11.6 Å². The van der Waals surface area contributed by atoms with Crippen molar-refractivity contribution in [3.63, 3.8) is 0 Å². The van der Waals surface area contributed by atoms with E-state index in [1.807, 2.05) is 24.3 Å². The van der Waals surface area contributed by atoms with Gasteiger partial charge in [-0.1, -0.05) is 18.2 Å². The zero-order valence-electron chi connectivity index (χ0n) is 14.7. The molecule has 1 saturated heterocycles. The van der Waals surface area contributed by atoms with Crippen LogP contribution in [0.2, 0.25) is 0 Å². The minimum Gasteiger partial charge on any atom is -0.387 e. The number of nitrogens with one attached hydrogen (secondary N) is 1. The molecular weight excluding hydrogens is 370 g/mol. The molecule has 150 valence electrons. The van der Waals surface area contributed by atoms with Crippen molar-refractivity contribution in [2.24, 2.45) is 5.73 Å². The van der Waals surface area contributed by atoms with Gasteiger partial charge in [0.15, 0.2) is 6.10 Å². The first-order chi connectivity index (χ1) is 13.3. The minimum absolute atomic E-state index is 0.259. The maximum Gasteiger partial charge on any atom is 0.305 e. The Labute approximate surface area is 159 Å². The molecule has 0 radical (unpaired) electrons. The largest absolute Gasteiger partial charge is 0.387 e. The number of fused-ring (bicyclic) bond motifs is 1. The fraction of sp³-hybridized carbons (Fsp3) is 0.412. The third-order valence-corrected chi connectivity index (χ3v) is 5.00. The lowest BCUT2D eigenvalue weighted by Gasteiger charge is -2.29. The van der Waals surface area contributed by atoms with Crippen LogP contribution in [0, 0.1) is 0 Å². The number of anilines is 1. The third kappa shape index (κ3) is 2.85. The second kappa shape index (κ2) is 6.81. The Morgan fingerprint density at radius 1 is 1.39 bits per heavy atom. The molecule has 2 aliphatic heterocycles. The van der Waals surface area contributed by atoms with Crippen molar-refractivity contribution < 1.29 is 30.0 Å². The van der Waals surface area contributed by atoms with Crippen molar-refractivity contribution in [3.8, 4) is 0 Å². The van der Waals surface area contributed by atoms with Crippen LogP contribution in [0.5, 0.6) is 0 Å². The highest BCUT2D eigenvalue weighted by molar-refractivity contribution is 5.92. The SMILES string of the molecule is NC(O)[C@H]1O[C@@](O)(n2ccnc2C(=O)NN2CCc3ccccc32)[C@H](O)[C@@H]1O. The zero-order valence-corrected chi connectivity index (χ0v) is 14.7. The molecule has 4 rings (SSSR count). The number of amides is 1. The molecule has 1 fully saturated rings. The summed E-state index contributed by atoms with van der Waals surface area (Å²) in [5.41, 5.74) is 9.96. The Bertz CT molecular complexity index is 888. The number of carbonyl (C=O) groups is 1. The summed E-state index contributed by atoms with van der Waals surface area (Å²) in [7, 11) is 0. The number of aromatic nitrogens is 2. The van der Waals surface area contributed by atoms with Gasteiger partial charge in [-0.05, 0) is 18.1 Å². The van der Waals surface area contributed by atoms with Crippen molar-refractivity contribution in [1.29, 1.82) is 0 Å². The molecule has 11 heteroatoms. The number of imidazole rings is 1. The number of hydrogen-bond donors (Lipinski definition) is 6. The monoisotopic (exact) mass is 391 g/mol. The summed E-state index contributed by atoms with van der Waals surface area (Å²) in [5.74, 6) is -3.45. The molecule has 28 heavy (non-hydrogen) atoms. The van der Waals surface area contributed by atoms with Crippen LogP contribution in [0.1, 0.15) is 16.2 Å². The topological polar surface area (TPSA) is 166 Å². The Hall–Kier alpha value is -2.54. The molecule has 2 aliphatic rings. The molecular formula is C17H21N5O6. The van der Waals surface area contributed by atoms with E-state index < -0.39 is 36.4 Å². The molecule has 7 N–H and O–H groups in total. The number of para-hydroxylation sites is 1. The molecule has 1 aromatic carbocycles. The van der Waals surface area contributed by atoms with E-state index in [-0.39, 0.29) is 5.82 Å². The van der Waals surface area contributed by atoms with Gasteiger partial charge in [0.2, 0.25) is 5.82 Å². The molecule has 3 heterocycles. The molecule has 5 atom stereocenters. The molecule has 0 bridgehead atoms. The quantitative estimate of drug-likeness (QED) is 0.311. The summed E-state index contributed by atoms with van der Waals surface area (Å²) in [6.45, 7) is 0.565. The molecule has 0 spiro atoms. The van der Waals surface area contributed by atoms with E-state index in [0.717, 1.165) is 22.2 Å². The first kappa shape index (κ1) is 18.8. The Morgan fingerprint density at radius 3 is 2.86 bits per heavy atom. The number of hydrogen-bond acceptors (Lipinski definition) is 9. The minimum atomic E-state index is -2.53. The Kier molecular flexibility index (Phi) is 4.57. The number of rotatable bonds is 4. The standard InChI is InChI=1S/C17H21N5O6/c18-14(25)12-11(23)13(24)17(27,28-12)21-8-6-19-15(21)16(26)20-22-7-5-9-3-1-2-4-10(9)22/h1-4,6,8,11-14,23-25,27H,5,7,18H2,(H,20,26)/t11-,12+,13-,14?,17-/m1/s1. The van der Waals surface area contributed by atoms with Gasteiger partial charge in [0.25, 0.3) is 5.91 Å². The van der Waals surface area contributed by atoms with Gasteiger partial charge >= 0.3 is 5.91 Å². The van der Waals surface area contributed by atoms with Gasteiger partial charge in [-0.15, -0.1) is 0 Å². The lowest BCUT2D eigenvalue weighted by molar-refractivity contribution is -0.293. The molecule has 0 saturated carbocycles. The third-order valence-electron chi connectivity index (χ3n) is 5.00. The van der Waals surface area contributed by atoms with E-state index in [1.54, 1.807) is 5.01 Å². The van der Waals surface area contributed by atoms with Crippen LogP contribution in [0.15, 0.2) is 36.7 Å². The predicted octanol–water partition coefficient (Wildman–Crippen LogP) is -2.41. The van der Waals surface area contributed by atoms with E-state index in [0.29, 0.717) is 6.54 Å². The van der Waals surface area contributed by atoms with E-state index in [2.05, 4.69) is 10.4 Å². The van der Waals surface area contributed by atoms with E-state index >= 15 is 0 Å². The summed E-state index contributed by atoms with van der Waals surface area (Å²) in [4.78, 5) is 16.7. The Balaban J connectivity index is 1.59. The van der Waals surface area contributed by atoms with Crippen LogP contribution >= 0.6 is 0 Å². The number of carbonyl (C=O) groups excluding carboxylic acids is 1. The van der Waals surface area contributed by atoms with Crippen LogP contribution in [0.4, 0.5) is 5.69 Å². The first-order valence-electron chi connectivity index (χ1n) is 8.73. The first-order valence-corrected chi connectivity index (χ1v) is 8.73. The van der Waals surface area contributed by atoms with Gasteiger partial charge in [-0.25, -0.2) is 4.98 Å². The van der Waals surface area contributed by atoms with E-state index in [9.17, 15) is 25.2 Å². The predicted molar refractivity (Wildman–Crippen MR) is 94.5 cm³/mol. The van der Waals surface area contributed by atoms with Gasteiger partial charge in [0, 0.05) is 18.9 Å². The Morgan fingerprint density at radius 2 is 2.14 bits per heavy atom. The van der Waals surface area contributed by atoms with Crippen molar-refractivity contribution in [3.05, 3.63) is 48.0 Å². The number of ether oxygens (including phenoxy) is 1. The zero-order chi connectivity index (χ0) is 20.1. The maximum absolute atomic E-state index is 12.8. The average Bonchev–Trinajstić information content (AvgIpc) is 3.37. The summed E-state index contributed by atoms with van der Waals surface area (Å²) in [5, 5.41) is 42.2. The van der Waals surface area contributed by atoms with Crippen LogP contribution in [0.3, 0.4) is 0 Å². The maximum atomic E-state index is 12.8. The fourth-order valence-corrected chi connectivity index (χ4v) is 3.57. The summed E-state index contributed by atoms with van der Waals surface area (Å²) < 4.78 is 6.10. The number of aliphatic hydroxyl groups excluding tert-OH is 3. The van der Waals surface area contributed by atoms with Gasteiger partial charge in [0.1, 0.15) is 18.4 Å². The van der Waals surface area contributed by atoms with Gasteiger partial charge in [-0.2, -0.15) is 0 Å². The lowest BCUT2D eigenvalue weighted by Crippen LogP contribution is -2.49. The second-order valence-corrected chi connectivity index (χ2v) is 6.76. The van der Waals surface area contributed by atoms with Crippen LogP contribution in [-0.4, -0.2) is 67.0 Å². The van der Waals surface area contributed by atoms with Gasteiger partial charge < -0.3 is 30.9 Å². The molecule has 2 aromatic rings. The molecule has 1 unspecified atom stereocenters. The van der Waals surface area contributed by atoms with Crippen molar-refractivity contribution in [2.45, 2.75) is 36.9 Å². The number of nitrogens with two attached hydrogens (primary N) is 1. The summed E-state index contributed by atoms with van der Waals surface area (Å²) in [6, 6.07) is 7.61. The lowest BCUT2D eigenvalue weighted by atomic mass is 10.1. The smallest absolute Gasteiger partial charge is 0.305 e. The number of hydrazine groups is 1. The van der Waals surface area contributed by atoms with Gasteiger partial charge in [-0.3, -0.25) is 19.8 Å². The average molecular weight is 391 g/mol. The number of nitrogens with zero attached hydrogens (tertiary/aromatic N) is 3.